The summed E-state index contributed by atoms with van der Waals surface area (Å²) >= 11 is 0. The third kappa shape index (κ3) is 6.93. The van der Waals surface area contributed by atoms with E-state index in [-0.39, 0.29) is 17.0 Å². The fourth-order valence-corrected chi connectivity index (χ4v) is 4.54. The monoisotopic (exact) mass is 526 g/mol. The SMILES string of the molecule is CN(C)S(=O)(=O)N(CC(=O)Nc1cccc(NC(=O)c2ccc(C(C)(C)C)cc2)c1)c1ccccc1F. The number of carbonyl (C=O) groups excluding carboxylic acids is 2. The van der Waals surface area contributed by atoms with Gasteiger partial charge in [0.25, 0.3) is 5.91 Å². The van der Waals surface area contributed by atoms with Crippen LogP contribution < -0.4 is 14.9 Å². The van der Waals surface area contributed by atoms with Crippen LogP contribution in [0.1, 0.15) is 36.7 Å². The molecule has 0 aromatic heterocycles. The Morgan fingerprint density at radius 1 is 0.865 bits per heavy atom. The molecule has 8 nitrogen and oxygen atoms in total. The second kappa shape index (κ2) is 11.1. The number of rotatable bonds is 8. The van der Waals surface area contributed by atoms with Gasteiger partial charge in [-0.15, -0.1) is 0 Å². The topological polar surface area (TPSA) is 98.8 Å². The zero-order chi connectivity index (χ0) is 27.4. The molecule has 0 saturated heterocycles. The van der Waals surface area contributed by atoms with Crippen molar-refractivity contribution in [2.75, 3.05) is 35.6 Å². The summed E-state index contributed by atoms with van der Waals surface area (Å²) in [5.41, 5.74) is 2.09. The predicted octanol–water partition coefficient (Wildman–Crippen LogP) is 4.63. The number of nitrogens with one attached hydrogen (secondary N) is 2. The van der Waals surface area contributed by atoms with Crippen LogP contribution in [0.2, 0.25) is 0 Å². The lowest BCUT2D eigenvalue weighted by molar-refractivity contribution is -0.114. The van der Waals surface area contributed by atoms with E-state index in [1.807, 2.05) is 12.1 Å². The van der Waals surface area contributed by atoms with Gasteiger partial charge in [-0.3, -0.25) is 9.59 Å². The summed E-state index contributed by atoms with van der Waals surface area (Å²) in [5, 5.41) is 5.40. The molecule has 2 amide bonds. The highest BCUT2D eigenvalue weighted by atomic mass is 32.2. The van der Waals surface area contributed by atoms with E-state index in [1.54, 1.807) is 36.4 Å². The maximum Gasteiger partial charge on any atom is 0.304 e. The maximum atomic E-state index is 14.4. The molecule has 3 rings (SSSR count). The van der Waals surface area contributed by atoms with Crippen molar-refractivity contribution in [2.24, 2.45) is 0 Å². The quantitative estimate of drug-likeness (QED) is 0.447. The lowest BCUT2D eigenvalue weighted by Crippen LogP contribution is -2.44. The molecule has 0 bridgehead atoms. The Hall–Kier alpha value is -3.76. The Bertz CT molecular complexity index is 1380. The first-order valence-electron chi connectivity index (χ1n) is 11.6. The van der Waals surface area contributed by atoms with Gasteiger partial charge in [-0.05, 0) is 53.4 Å². The van der Waals surface area contributed by atoms with Crippen LogP contribution >= 0.6 is 0 Å². The summed E-state index contributed by atoms with van der Waals surface area (Å²) in [6.45, 7) is 5.62. The van der Waals surface area contributed by atoms with Gasteiger partial charge in [0.1, 0.15) is 12.4 Å². The van der Waals surface area contributed by atoms with Crippen molar-refractivity contribution in [2.45, 2.75) is 26.2 Å². The minimum atomic E-state index is -4.16. The molecule has 0 heterocycles. The van der Waals surface area contributed by atoms with Gasteiger partial charge in [-0.2, -0.15) is 12.7 Å². The first-order valence-corrected chi connectivity index (χ1v) is 13.0. The number of carbonyl (C=O) groups is 2. The van der Waals surface area contributed by atoms with Crippen molar-refractivity contribution in [3.63, 3.8) is 0 Å². The number of amides is 2. The molecule has 0 spiro atoms. The Kier molecular flexibility index (Phi) is 8.35. The molecule has 0 atom stereocenters. The van der Waals surface area contributed by atoms with Crippen LogP contribution in [0.15, 0.2) is 72.8 Å². The van der Waals surface area contributed by atoms with Gasteiger partial charge in [-0.25, -0.2) is 8.70 Å². The van der Waals surface area contributed by atoms with Crippen LogP contribution in [0.4, 0.5) is 21.5 Å². The number of halogens is 1. The van der Waals surface area contributed by atoms with Gasteiger partial charge >= 0.3 is 10.2 Å². The van der Waals surface area contributed by atoms with Gasteiger partial charge in [0.05, 0.1) is 5.69 Å². The van der Waals surface area contributed by atoms with E-state index in [0.717, 1.165) is 15.9 Å². The summed E-state index contributed by atoms with van der Waals surface area (Å²) in [6, 6.07) is 19.1. The normalized spacial score (nSPS) is 11.8. The van der Waals surface area contributed by atoms with E-state index in [0.29, 0.717) is 21.2 Å². The third-order valence-corrected chi connectivity index (χ3v) is 7.37. The Morgan fingerprint density at radius 3 is 2.03 bits per heavy atom. The molecule has 0 unspecified atom stereocenters. The molecule has 3 aromatic carbocycles. The summed E-state index contributed by atoms with van der Waals surface area (Å²) in [4.78, 5) is 25.5. The number of hydrogen-bond acceptors (Lipinski definition) is 4. The van der Waals surface area contributed by atoms with Crippen LogP contribution in [-0.2, 0) is 20.4 Å². The van der Waals surface area contributed by atoms with E-state index >= 15 is 0 Å². The molecule has 0 radical (unpaired) electrons. The Morgan fingerprint density at radius 2 is 1.46 bits per heavy atom. The first-order chi connectivity index (χ1) is 17.3. The van der Waals surface area contributed by atoms with E-state index in [9.17, 15) is 22.4 Å². The number of anilines is 3. The molecule has 0 aliphatic heterocycles. The maximum absolute atomic E-state index is 14.4. The fraction of sp³-hybridized carbons (Fsp3) is 0.259. The Labute approximate surface area is 217 Å². The smallest absolute Gasteiger partial charge is 0.304 e. The number of hydrogen-bond donors (Lipinski definition) is 2. The van der Waals surface area contributed by atoms with Gasteiger partial charge in [-0.1, -0.05) is 51.1 Å². The molecular formula is C27H31FN4O4S. The van der Waals surface area contributed by atoms with E-state index in [1.165, 1.54) is 32.3 Å². The summed E-state index contributed by atoms with van der Waals surface area (Å²) in [6.07, 6.45) is 0. The van der Waals surface area contributed by atoms with Crippen molar-refractivity contribution >= 4 is 39.1 Å². The number of nitrogens with zero attached hydrogens (tertiary/aromatic N) is 2. The fourth-order valence-electron chi connectivity index (χ4n) is 3.47. The highest BCUT2D eigenvalue weighted by Gasteiger charge is 2.29. The minimum Gasteiger partial charge on any atom is -0.324 e. The van der Waals surface area contributed by atoms with Gasteiger partial charge in [0.2, 0.25) is 5.91 Å². The number of benzene rings is 3. The van der Waals surface area contributed by atoms with E-state index in [4.69, 9.17) is 0 Å². The lowest BCUT2D eigenvalue weighted by atomic mass is 9.87. The van der Waals surface area contributed by atoms with Gasteiger partial charge in [0.15, 0.2) is 0 Å². The van der Waals surface area contributed by atoms with Crippen LogP contribution in [0.25, 0.3) is 0 Å². The molecule has 0 aliphatic rings. The molecule has 0 saturated carbocycles. The molecule has 0 aliphatic carbocycles. The van der Waals surface area contributed by atoms with Crippen molar-refractivity contribution in [3.8, 4) is 0 Å². The molecule has 3 aromatic rings. The molecule has 196 valence electrons. The Balaban J connectivity index is 1.74. The van der Waals surface area contributed by atoms with Gasteiger partial charge in [0, 0.05) is 31.0 Å². The predicted molar refractivity (Wildman–Crippen MR) is 145 cm³/mol. The average Bonchev–Trinajstić information content (AvgIpc) is 2.82. The molecule has 0 fully saturated rings. The average molecular weight is 527 g/mol. The van der Waals surface area contributed by atoms with Crippen LogP contribution in [-0.4, -0.2) is 45.2 Å². The summed E-state index contributed by atoms with van der Waals surface area (Å²) in [7, 11) is -1.57. The zero-order valence-electron chi connectivity index (χ0n) is 21.4. The standard InChI is InChI=1S/C27H31FN4O4S/c1-27(2,3)20-15-13-19(14-16-20)26(34)30-22-10-8-9-21(17-22)29-25(33)18-32(37(35,36)31(4)5)24-12-7-6-11-23(24)28/h6-17H,18H2,1-5H3,(H,29,33)(H,30,34). The first kappa shape index (κ1) is 27.8. The van der Waals surface area contributed by atoms with Crippen LogP contribution in [0, 0.1) is 5.82 Å². The summed E-state index contributed by atoms with van der Waals surface area (Å²) < 4.78 is 41.6. The van der Waals surface area contributed by atoms with E-state index < -0.39 is 28.5 Å². The van der Waals surface area contributed by atoms with Crippen molar-refractivity contribution in [3.05, 3.63) is 89.7 Å². The zero-order valence-corrected chi connectivity index (χ0v) is 22.3. The largest absolute Gasteiger partial charge is 0.324 e. The lowest BCUT2D eigenvalue weighted by Gasteiger charge is -2.27. The molecule has 10 heteroatoms. The van der Waals surface area contributed by atoms with Crippen molar-refractivity contribution in [1.29, 1.82) is 0 Å². The van der Waals surface area contributed by atoms with E-state index in [2.05, 4.69) is 31.4 Å². The molecule has 2 N–H and O–H groups in total. The van der Waals surface area contributed by atoms with Crippen LogP contribution in [0.3, 0.4) is 0 Å². The highest BCUT2D eigenvalue weighted by molar-refractivity contribution is 7.90. The second-order valence-electron chi connectivity index (χ2n) is 9.66. The van der Waals surface area contributed by atoms with Crippen molar-refractivity contribution in [1.82, 2.24) is 4.31 Å². The number of para-hydroxylation sites is 1. The summed E-state index contributed by atoms with van der Waals surface area (Å²) in [5.74, 6) is -1.78. The van der Waals surface area contributed by atoms with Crippen molar-refractivity contribution < 1.29 is 22.4 Å². The third-order valence-electron chi connectivity index (χ3n) is 5.57. The second-order valence-corrected chi connectivity index (χ2v) is 11.7. The van der Waals surface area contributed by atoms with Gasteiger partial charge < -0.3 is 10.6 Å². The molecule has 37 heavy (non-hydrogen) atoms. The molecular weight excluding hydrogens is 495 g/mol. The highest BCUT2D eigenvalue weighted by Crippen LogP contribution is 2.24. The minimum absolute atomic E-state index is 0.0325. The van der Waals surface area contributed by atoms with Crippen LogP contribution in [0.5, 0.6) is 0 Å².